The van der Waals surface area contributed by atoms with Crippen molar-refractivity contribution >= 4 is 17.8 Å². The molecule has 0 aliphatic carbocycles. The summed E-state index contributed by atoms with van der Waals surface area (Å²) in [6.45, 7) is 4.33. The number of imide groups is 1. The first kappa shape index (κ1) is 24.7. The standard InChI is InChI=1S/C27H34N4O4/c1-3-24(32)28-23(21-7-5-4-6-8-21)13-16-30-17-14-27(15-18-30)25(33)31(26(34)29-27)19-20-9-11-22(35-2)12-10-20/h4-12,23H,3,13-19H2,1-2H3,(H,28,32)(H,29,34). The van der Waals surface area contributed by atoms with E-state index in [2.05, 4.69) is 15.5 Å². The first-order valence-corrected chi connectivity index (χ1v) is 12.3. The molecule has 2 heterocycles. The van der Waals surface area contributed by atoms with Gasteiger partial charge in [-0.3, -0.25) is 14.5 Å². The lowest BCUT2D eigenvalue weighted by Gasteiger charge is -2.37. The zero-order valence-corrected chi connectivity index (χ0v) is 20.5. The molecule has 8 heteroatoms. The van der Waals surface area contributed by atoms with Crippen molar-refractivity contribution in [1.29, 1.82) is 0 Å². The summed E-state index contributed by atoms with van der Waals surface area (Å²) in [6, 6.07) is 17.0. The highest BCUT2D eigenvalue weighted by Gasteiger charge is 2.52. The Morgan fingerprint density at radius 3 is 2.40 bits per heavy atom. The van der Waals surface area contributed by atoms with Crippen LogP contribution in [0.3, 0.4) is 0 Å². The molecule has 0 aromatic heterocycles. The number of rotatable bonds is 9. The third-order valence-corrected chi connectivity index (χ3v) is 7.05. The minimum atomic E-state index is -0.824. The second-order valence-corrected chi connectivity index (χ2v) is 9.27. The van der Waals surface area contributed by atoms with Crippen LogP contribution in [0.1, 0.15) is 49.8 Å². The smallest absolute Gasteiger partial charge is 0.325 e. The molecule has 1 atom stereocenters. The maximum atomic E-state index is 13.3. The molecule has 186 valence electrons. The Hall–Kier alpha value is -3.39. The zero-order valence-electron chi connectivity index (χ0n) is 20.5. The third-order valence-electron chi connectivity index (χ3n) is 7.05. The Morgan fingerprint density at radius 2 is 1.77 bits per heavy atom. The van der Waals surface area contributed by atoms with E-state index in [-0.39, 0.29) is 30.4 Å². The van der Waals surface area contributed by atoms with Crippen LogP contribution < -0.4 is 15.4 Å². The van der Waals surface area contributed by atoms with Gasteiger partial charge in [-0.05, 0) is 42.5 Å². The molecule has 2 saturated heterocycles. The van der Waals surface area contributed by atoms with Crippen molar-refractivity contribution in [2.45, 2.75) is 50.7 Å². The molecule has 2 fully saturated rings. The zero-order chi connectivity index (χ0) is 24.8. The molecule has 1 unspecified atom stereocenters. The molecule has 35 heavy (non-hydrogen) atoms. The summed E-state index contributed by atoms with van der Waals surface area (Å²) in [5.74, 6) is 0.626. The van der Waals surface area contributed by atoms with E-state index in [1.54, 1.807) is 7.11 Å². The first-order chi connectivity index (χ1) is 16.9. The minimum absolute atomic E-state index is 0.0349. The fourth-order valence-corrected chi connectivity index (χ4v) is 4.85. The number of likely N-dealkylation sites (tertiary alicyclic amines) is 1. The van der Waals surface area contributed by atoms with Crippen LogP contribution in [0, 0.1) is 0 Å². The predicted octanol–water partition coefficient (Wildman–Crippen LogP) is 3.24. The van der Waals surface area contributed by atoms with Gasteiger partial charge in [0.1, 0.15) is 11.3 Å². The van der Waals surface area contributed by atoms with Gasteiger partial charge in [0.15, 0.2) is 0 Å². The van der Waals surface area contributed by atoms with Gasteiger partial charge in [-0.1, -0.05) is 49.4 Å². The van der Waals surface area contributed by atoms with Gasteiger partial charge < -0.3 is 20.3 Å². The summed E-state index contributed by atoms with van der Waals surface area (Å²) in [6.07, 6.45) is 2.39. The molecule has 0 bridgehead atoms. The number of methoxy groups -OCH3 is 1. The van der Waals surface area contributed by atoms with Crippen molar-refractivity contribution in [3.63, 3.8) is 0 Å². The number of nitrogens with one attached hydrogen (secondary N) is 2. The van der Waals surface area contributed by atoms with Crippen LogP contribution >= 0.6 is 0 Å². The molecular formula is C27H34N4O4. The summed E-state index contributed by atoms with van der Waals surface area (Å²) in [5.41, 5.74) is 1.15. The maximum absolute atomic E-state index is 13.3. The Morgan fingerprint density at radius 1 is 1.09 bits per heavy atom. The highest BCUT2D eigenvalue weighted by molar-refractivity contribution is 6.07. The molecule has 2 aromatic rings. The summed E-state index contributed by atoms with van der Waals surface area (Å²) >= 11 is 0. The molecule has 4 rings (SSSR count). The summed E-state index contributed by atoms with van der Waals surface area (Å²) < 4.78 is 5.18. The van der Waals surface area contributed by atoms with Gasteiger partial charge in [0, 0.05) is 26.1 Å². The van der Waals surface area contributed by atoms with E-state index in [4.69, 9.17) is 4.74 Å². The first-order valence-electron chi connectivity index (χ1n) is 12.3. The molecular weight excluding hydrogens is 444 g/mol. The van der Waals surface area contributed by atoms with Crippen molar-refractivity contribution in [3.8, 4) is 5.75 Å². The fourth-order valence-electron chi connectivity index (χ4n) is 4.85. The number of benzene rings is 2. The highest BCUT2D eigenvalue weighted by atomic mass is 16.5. The van der Waals surface area contributed by atoms with Crippen LogP contribution in [0.25, 0.3) is 0 Å². The predicted molar refractivity (Wildman–Crippen MR) is 133 cm³/mol. The molecule has 1 spiro atoms. The molecule has 0 saturated carbocycles. The van der Waals surface area contributed by atoms with Crippen LogP contribution in [-0.4, -0.2) is 59.9 Å². The van der Waals surface area contributed by atoms with Crippen molar-refractivity contribution in [2.24, 2.45) is 0 Å². The SMILES string of the molecule is CCC(=O)NC(CCN1CCC2(CC1)NC(=O)N(Cc1ccc(OC)cc1)C2=O)c1ccccc1. The Kier molecular flexibility index (Phi) is 7.70. The molecule has 8 nitrogen and oxygen atoms in total. The van der Waals surface area contributed by atoms with Crippen molar-refractivity contribution in [1.82, 2.24) is 20.4 Å². The summed E-state index contributed by atoms with van der Waals surface area (Å²) in [7, 11) is 1.60. The van der Waals surface area contributed by atoms with Crippen LogP contribution in [0.5, 0.6) is 5.75 Å². The maximum Gasteiger partial charge on any atom is 0.325 e. The lowest BCUT2D eigenvalue weighted by atomic mass is 9.87. The lowest BCUT2D eigenvalue weighted by Crippen LogP contribution is -2.55. The second kappa shape index (κ2) is 10.9. The molecule has 4 amide bonds. The van der Waals surface area contributed by atoms with E-state index >= 15 is 0 Å². The van der Waals surface area contributed by atoms with E-state index < -0.39 is 5.54 Å². The average molecular weight is 479 g/mol. The Bertz CT molecular complexity index is 1030. The molecule has 2 N–H and O–H groups in total. The number of nitrogens with zero attached hydrogens (tertiary/aromatic N) is 2. The number of carbonyl (C=O) groups excluding carboxylic acids is 3. The van der Waals surface area contributed by atoms with Crippen molar-refractivity contribution in [2.75, 3.05) is 26.7 Å². The highest BCUT2D eigenvalue weighted by Crippen LogP contribution is 2.31. The average Bonchev–Trinajstić information content (AvgIpc) is 3.12. The van der Waals surface area contributed by atoms with Crippen molar-refractivity contribution in [3.05, 3.63) is 65.7 Å². The monoisotopic (exact) mass is 478 g/mol. The number of ether oxygens (including phenoxy) is 1. The second-order valence-electron chi connectivity index (χ2n) is 9.27. The third kappa shape index (κ3) is 5.65. The minimum Gasteiger partial charge on any atom is -0.497 e. The number of piperidine rings is 1. The van der Waals surface area contributed by atoms with Gasteiger partial charge in [-0.15, -0.1) is 0 Å². The van der Waals surface area contributed by atoms with Crippen LogP contribution in [-0.2, 0) is 16.1 Å². The largest absolute Gasteiger partial charge is 0.497 e. The fraction of sp³-hybridized carbons (Fsp3) is 0.444. The summed E-state index contributed by atoms with van der Waals surface area (Å²) in [5, 5.41) is 6.11. The number of hydrogen-bond donors (Lipinski definition) is 2. The van der Waals surface area contributed by atoms with Gasteiger partial charge in [-0.2, -0.15) is 0 Å². The number of hydrogen-bond acceptors (Lipinski definition) is 5. The lowest BCUT2D eigenvalue weighted by molar-refractivity contribution is -0.133. The van der Waals surface area contributed by atoms with E-state index in [0.717, 1.165) is 29.8 Å². The topological polar surface area (TPSA) is 91.0 Å². The normalized spacial score (nSPS) is 18.4. The van der Waals surface area contributed by atoms with Crippen LogP contribution in [0.4, 0.5) is 4.79 Å². The van der Waals surface area contributed by atoms with E-state index in [1.165, 1.54) is 4.90 Å². The Labute approximate surface area is 206 Å². The van der Waals surface area contributed by atoms with E-state index in [9.17, 15) is 14.4 Å². The van der Waals surface area contributed by atoms with Crippen molar-refractivity contribution < 1.29 is 19.1 Å². The van der Waals surface area contributed by atoms with E-state index in [0.29, 0.717) is 32.4 Å². The molecule has 2 aliphatic heterocycles. The quantitative estimate of drug-likeness (QED) is 0.540. The van der Waals surface area contributed by atoms with Crippen LogP contribution in [0.15, 0.2) is 54.6 Å². The molecule has 2 aliphatic rings. The molecule has 0 radical (unpaired) electrons. The van der Waals surface area contributed by atoms with Gasteiger partial charge >= 0.3 is 6.03 Å². The number of amides is 4. The number of urea groups is 1. The Balaban J connectivity index is 1.33. The van der Waals surface area contributed by atoms with Gasteiger partial charge in [0.25, 0.3) is 5.91 Å². The number of carbonyl (C=O) groups is 3. The van der Waals surface area contributed by atoms with E-state index in [1.807, 2.05) is 61.5 Å². The summed E-state index contributed by atoms with van der Waals surface area (Å²) in [4.78, 5) is 41.7. The van der Waals surface area contributed by atoms with Crippen LogP contribution in [0.2, 0.25) is 0 Å². The van der Waals surface area contributed by atoms with Gasteiger partial charge in [0.05, 0.1) is 19.7 Å². The van der Waals surface area contributed by atoms with Gasteiger partial charge in [0.2, 0.25) is 5.91 Å². The molecule has 2 aromatic carbocycles. The van der Waals surface area contributed by atoms with Gasteiger partial charge in [-0.25, -0.2) is 4.79 Å².